The van der Waals surface area contributed by atoms with Gasteiger partial charge in [0.15, 0.2) is 17.5 Å². The molecule has 2 rings (SSSR count). The van der Waals surface area contributed by atoms with E-state index in [1.54, 1.807) is 21.3 Å². The van der Waals surface area contributed by atoms with Crippen molar-refractivity contribution in [2.24, 2.45) is 10.7 Å². The normalized spacial score (nSPS) is 11.2. The van der Waals surface area contributed by atoms with Gasteiger partial charge in [0.1, 0.15) is 5.75 Å². The van der Waals surface area contributed by atoms with Crippen LogP contribution in [0.15, 0.2) is 45.9 Å². The molecular weight excluding hydrogens is 410 g/mol. The van der Waals surface area contributed by atoms with Gasteiger partial charge in [0, 0.05) is 13.1 Å². The molecule has 0 aromatic heterocycles. The number of nitrogens with two attached hydrogens (primary N) is 1. The van der Waals surface area contributed by atoms with Crippen molar-refractivity contribution in [3.05, 3.63) is 52.0 Å². The van der Waals surface area contributed by atoms with E-state index in [1.165, 1.54) is 0 Å². The third-order valence-corrected chi connectivity index (χ3v) is 4.71. The summed E-state index contributed by atoms with van der Waals surface area (Å²) in [5.74, 6) is 2.72. The minimum atomic E-state index is 0.435. The molecule has 3 N–H and O–H groups in total. The summed E-state index contributed by atoms with van der Waals surface area (Å²) in [5.41, 5.74) is 8.18. The molecule has 0 unspecified atom stereocenters. The standard InChI is InChI=1S/C20H26BrN3O3/c1-25-17-8-7-14(13-18(17)26-2)9-11-23-20(22)24-12-10-15-5-4-6-16(21)19(15)27-3/h4-8,13H,9-12H2,1-3H3,(H3,22,23,24). The second kappa shape index (κ2) is 10.7. The van der Waals surface area contributed by atoms with Crippen molar-refractivity contribution in [3.63, 3.8) is 0 Å². The molecule has 2 aromatic carbocycles. The molecular formula is C20H26BrN3O3. The zero-order chi connectivity index (χ0) is 19.6. The summed E-state index contributed by atoms with van der Waals surface area (Å²) in [6.45, 7) is 1.27. The topological polar surface area (TPSA) is 78.1 Å². The Bertz CT molecular complexity index is 781. The van der Waals surface area contributed by atoms with Gasteiger partial charge in [-0.25, -0.2) is 0 Å². The number of guanidine groups is 1. The zero-order valence-electron chi connectivity index (χ0n) is 15.9. The van der Waals surface area contributed by atoms with E-state index in [0.29, 0.717) is 19.0 Å². The Hall–Kier alpha value is -2.41. The van der Waals surface area contributed by atoms with Crippen LogP contribution >= 0.6 is 15.9 Å². The lowest BCUT2D eigenvalue weighted by molar-refractivity contribution is 0.354. The molecule has 0 spiro atoms. The molecule has 2 aromatic rings. The summed E-state index contributed by atoms with van der Waals surface area (Å²) in [6.07, 6.45) is 1.55. The number of hydrogen-bond donors (Lipinski definition) is 2. The van der Waals surface area contributed by atoms with Gasteiger partial charge in [-0.1, -0.05) is 18.2 Å². The van der Waals surface area contributed by atoms with E-state index in [9.17, 15) is 0 Å². The summed E-state index contributed by atoms with van der Waals surface area (Å²) in [4.78, 5) is 4.38. The van der Waals surface area contributed by atoms with Gasteiger partial charge in [0.05, 0.1) is 25.8 Å². The molecule has 0 atom stereocenters. The van der Waals surface area contributed by atoms with Crippen molar-refractivity contribution in [1.29, 1.82) is 0 Å². The lowest BCUT2D eigenvalue weighted by Gasteiger charge is -2.11. The number of ether oxygens (including phenoxy) is 3. The number of methoxy groups -OCH3 is 3. The predicted octanol–water partition coefficient (Wildman–Crippen LogP) is 3.16. The maximum atomic E-state index is 5.96. The Balaban J connectivity index is 1.82. The fourth-order valence-corrected chi connectivity index (χ4v) is 3.27. The van der Waals surface area contributed by atoms with Crippen LogP contribution in [0.4, 0.5) is 0 Å². The summed E-state index contributed by atoms with van der Waals surface area (Å²) < 4.78 is 16.9. The van der Waals surface area contributed by atoms with Crippen molar-refractivity contribution in [3.8, 4) is 17.2 Å². The number of nitrogens with zero attached hydrogens (tertiary/aromatic N) is 1. The van der Waals surface area contributed by atoms with E-state index < -0.39 is 0 Å². The SMILES string of the molecule is COc1ccc(CCNC(N)=NCCc2cccc(Br)c2OC)cc1OC. The van der Waals surface area contributed by atoms with Gasteiger partial charge in [-0.3, -0.25) is 4.99 Å². The lowest BCUT2D eigenvalue weighted by atomic mass is 10.1. The van der Waals surface area contributed by atoms with Gasteiger partial charge in [-0.05, 0) is 58.1 Å². The molecule has 0 amide bonds. The summed E-state index contributed by atoms with van der Waals surface area (Å²) in [5, 5.41) is 3.14. The highest BCUT2D eigenvalue weighted by Crippen LogP contribution is 2.29. The summed E-state index contributed by atoms with van der Waals surface area (Å²) in [6, 6.07) is 11.8. The molecule has 0 radical (unpaired) electrons. The second-order valence-corrected chi connectivity index (χ2v) is 6.67. The van der Waals surface area contributed by atoms with Crippen LogP contribution in [0.1, 0.15) is 11.1 Å². The first kappa shape index (κ1) is 20.9. The van der Waals surface area contributed by atoms with Gasteiger partial charge in [-0.2, -0.15) is 0 Å². The fraction of sp³-hybridized carbons (Fsp3) is 0.350. The summed E-state index contributed by atoms with van der Waals surface area (Å²) >= 11 is 3.49. The second-order valence-electron chi connectivity index (χ2n) is 5.82. The van der Waals surface area contributed by atoms with Crippen LogP contribution in [0, 0.1) is 0 Å². The first-order valence-corrected chi connectivity index (χ1v) is 9.44. The Morgan fingerprint density at radius 2 is 1.81 bits per heavy atom. The highest BCUT2D eigenvalue weighted by Gasteiger charge is 2.07. The van der Waals surface area contributed by atoms with E-state index in [2.05, 4.69) is 26.2 Å². The first-order chi connectivity index (χ1) is 13.1. The molecule has 0 aliphatic heterocycles. The van der Waals surface area contributed by atoms with Gasteiger partial charge in [0.2, 0.25) is 0 Å². The Morgan fingerprint density at radius 3 is 2.52 bits per heavy atom. The molecule has 0 saturated heterocycles. The molecule has 0 saturated carbocycles. The molecule has 0 fully saturated rings. The Labute approximate surface area is 168 Å². The van der Waals surface area contributed by atoms with E-state index in [-0.39, 0.29) is 0 Å². The number of para-hydroxylation sites is 1. The number of benzene rings is 2. The molecule has 7 heteroatoms. The lowest BCUT2D eigenvalue weighted by Crippen LogP contribution is -2.33. The Kier molecular flexibility index (Phi) is 8.26. The van der Waals surface area contributed by atoms with Crippen molar-refractivity contribution in [2.45, 2.75) is 12.8 Å². The van der Waals surface area contributed by atoms with Crippen LogP contribution in [0.25, 0.3) is 0 Å². The molecule has 146 valence electrons. The number of aliphatic imine (C=N–C) groups is 1. The number of rotatable bonds is 9. The zero-order valence-corrected chi connectivity index (χ0v) is 17.5. The van der Waals surface area contributed by atoms with Gasteiger partial charge < -0.3 is 25.3 Å². The first-order valence-electron chi connectivity index (χ1n) is 8.65. The van der Waals surface area contributed by atoms with Crippen molar-refractivity contribution >= 4 is 21.9 Å². The van der Waals surface area contributed by atoms with Crippen LogP contribution < -0.4 is 25.3 Å². The third kappa shape index (κ3) is 6.06. The van der Waals surface area contributed by atoms with Crippen LogP contribution in [-0.2, 0) is 12.8 Å². The molecule has 0 aliphatic carbocycles. The van der Waals surface area contributed by atoms with Crippen LogP contribution in [0.5, 0.6) is 17.2 Å². The predicted molar refractivity (Wildman–Crippen MR) is 112 cm³/mol. The van der Waals surface area contributed by atoms with Crippen molar-refractivity contribution in [1.82, 2.24) is 5.32 Å². The molecule has 27 heavy (non-hydrogen) atoms. The van der Waals surface area contributed by atoms with Gasteiger partial charge >= 0.3 is 0 Å². The maximum Gasteiger partial charge on any atom is 0.188 e. The number of halogens is 1. The highest BCUT2D eigenvalue weighted by atomic mass is 79.9. The van der Waals surface area contributed by atoms with Crippen LogP contribution in [-0.4, -0.2) is 40.4 Å². The minimum Gasteiger partial charge on any atom is -0.495 e. The fourth-order valence-electron chi connectivity index (χ4n) is 2.70. The molecule has 6 nitrogen and oxygen atoms in total. The smallest absolute Gasteiger partial charge is 0.188 e. The van der Waals surface area contributed by atoms with E-state index in [4.69, 9.17) is 19.9 Å². The van der Waals surface area contributed by atoms with E-state index in [0.717, 1.165) is 45.7 Å². The molecule has 0 bridgehead atoms. The Morgan fingerprint density at radius 1 is 1.04 bits per heavy atom. The molecule has 0 aliphatic rings. The quantitative estimate of drug-likeness (QED) is 0.467. The summed E-state index contributed by atoms with van der Waals surface area (Å²) in [7, 11) is 4.92. The molecule has 0 heterocycles. The third-order valence-electron chi connectivity index (χ3n) is 4.08. The van der Waals surface area contributed by atoms with Crippen molar-refractivity contribution in [2.75, 3.05) is 34.4 Å². The minimum absolute atomic E-state index is 0.435. The largest absolute Gasteiger partial charge is 0.495 e. The number of hydrogen-bond acceptors (Lipinski definition) is 4. The number of nitrogens with one attached hydrogen (secondary N) is 1. The van der Waals surface area contributed by atoms with Gasteiger partial charge in [-0.15, -0.1) is 0 Å². The highest BCUT2D eigenvalue weighted by molar-refractivity contribution is 9.10. The average molecular weight is 436 g/mol. The van der Waals surface area contributed by atoms with E-state index in [1.807, 2.05) is 36.4 Å². The maximum absolute atomic E-state index is 5.96. The van der Waals surface area contributed by atoms with E-state index >= 15 is 0 Å². The van der Waals surface area contributed by atoms with Gasteiger partial charge in [0.25, 0.3) is 0 Å². The van der Waals surface area contributed by atoms with Crippen LogP contribution in [0.2, 0.25) is 0 Å². The monoisotopic (exact) mass is 435 g/mol. The average Bonchev–Trinajstić information content (AvgIpc) is 2.68. The van der Waals surface area contributed by atoms with Crippen LogP contribution in [0.3, 0.4) is 0 Å². The van der Waals surface area contributed by atoms with Crippen molar-refractivity contribution < 1.29 is 14.2 Å².